The number of thioether (sulfide) groups is 1. The van der Waals surface area contributed by atoms with Crippen LogP contribution >= 0.6 is 11.8 Å². The maximum absolute atomic E-state index is 9.13. The predicted molar refractivity (Wildman–Crippen MR) is 76.9 cm³/mol. The van der Waals surface area contributed by atoms with Gasteiger partial charge in [-0.3, -0.25) is 0 Å². The molecule has 0 unspecified atom stereocenters. The average Bonchev–Trinajstić information content (AvgIpc) is 2.98. The summed E-state index contributed by atoms with van der Waals surface area (Å²) in [6.07, 6.45) is 1.69. The number of nitrogens with zero attached hydrogens (tertiary/aromatic N) is 1. The summed E-state index contributed by atoms with van der Waals surface area (Å²) in [7, 11) is 0. The van der Waals surface area contributed by atoms with Crippen molar-refractivity contribution in [3.05, 3.63) is 66.1 Å². The second kappa shape index (κ2) is 5.21. The summed E-state index contributed by atoms with van der Waals surface area (Å²) in [4.78, 5) is 1.17. The van der Waals surface area contributed by atoms with Gasteiger partial charge in [0.05, 0.1) is 23.6 Å². The molecular weight excluding hydrogens is 254 g/mol. The number of hydrogen-bond acceptors (Lipinski definition) is 3. The third-order valence-electron chi connectivity index (χ3n) is 2.95. The van der Waals surface area contributed by atoms with Gasteiger partial charge in [-0.1, -0.05) is 24.3 Å². The van der Waals surface area contributed by atoms with Crippen LogP contribution in [0.25, 0.3) is 10.8 Å². The lowest BCUT2D eigenvalue weighted by atomic mass is 10.1. The largest absolute Gasteiger partial charge is 0.468 e. The Kier molecular flexibility index (Phi) is 3.26. The molecule has 0 aliphatic rings. The molecule has 0 amide bonds. The van der Waals surface area contributed by atoms with E-state index in [0.29, 0.717) is 0 Å². The van der Waals surface area contributed by atoms with Crippen molar-refractivity contribution >= 4 is 22.5 Å². The number of fused-ring (bicyclic) bond motifs is 1. The van der Waals surface area contributed by atoms with E-state index < -0.39 is 0 Å². The molecule has 0 saturated carbocycles. The highest BCUT2D eigenvalue weighted by molar-refractivity contribution is 7.98. The van der Waals surface area contributed by atoms with Gasteiger partial charge in [-0.25, -0.2) is 0 Å². The summed E-state index contributed by atoms with van der Waals surface area (Å²) in [5.74, 6) is 1.75. The second-order valence-electron chi connectivity index (χ2n) is 4.14. The molecule has 0 bridgehead atoms. The molecule has 2 aromatic carbocycles. The van der Waals surface area contributed by atoms with E-state index in [2.05, 4.69) is 12.1 Å². The van der Waals surface area contributed by atoms with E-state index in [1.807, 2.05) is 42.5 Å². The summed E-state index contributed by atoms with van der Waals surface area (Å²) < 4.78 is 5.34. The number of nitriles is 1. The van der Waals surface area contributed by atoms with Gasteiger partial charge in [-0.05, 0) is 29.7 Å². The first-order valence-electron chi connectivity index (χ1n) is 5.95. The zero-order valence-corrected chi connectivity index (χ0v) is 11.0. The van der Waals surface area contributed by atoms with Crippen LogP contribution in [0.5, 0.6) is 0 Å². The predicted octanol–water partition coefficient (Wildman–Crippen LogP) is 4.60. The second-order valence-corrected chi connectivity index (χ2v) is 5.15. The van der Waals surface area contributed by atoms with Gasteiger partial charge < -0.3 is 4.42 Å². The average molecular weight is 265 g/mol. The van der Waals surface area contributed by atoms with Crippen molar-refractivity contribution in [2.24, 2.45) is 0 Å². The number of rotatable bonds is 3. The van der Waals surface area contributed by atoms with Crippen LogP contribution < -0.4 is 0 Å². The fraction of sp³-hybridized carbons (Fsp3) is 0.0625. The highest BCUT2D eigenvalue weighted by Gasteiger charge is 2.06. The Bertz CT molecular complexity index is 741. The van der Waals surface area contributed by atoms with Crippen molar-refractivity contribution in [2.75, 3.05) is 0 Å². The zero-order valence-electron chi connectivity index (χ0n) is 10.2. The maximum Gasteiger partial charge on any atom is 0.113 e. The molecule has 0 spiro atoms. The van der Waals surface area contributed by atoms with Crippen LogP contribution in [0.2, 0.25) is 0 Å². The molecule has 3 rings (SSSR count). The van der Waals surface area contributed by atoms with Gasteiger partial charge in [-0.2, -0.15) is 5.26 Å². The molecule has 1 heterocycles. The molecule has 0 aliphatic heterocycles. The third-order valence-corrected chi connectivity index (χ3v) is 4.05. The summed E-state index contributed by atoms with van der Waals surface area (Å²) in [6, 6.07) is 18.0. The molecule has 3 aromatic rings. The van der Waals surface area contributed by atoms with Gasteiger partial charge in [0.25, 0.3) is 0 Å². The third kappa shape index (κ3) is 2.35. The standard InChI is InChI=1S/C16H11NOS/c17-10-12-7-8-16(15-6-2-1-5-14(12)15)19-11-13-4-3-9-18-13/h1-9H,11H2. The van der Waals surface area contributed by atoms with Gasteiger partial charge >= 0.3 is 0 Å². The Morgan fingerprint density at radius 2 is 1.84 bits per heavy atom. The lowest BCUT2D eigenvalue weighted by Gasteiger charge is -2.06. The highest BCUT2D eigenvalue weighted by atomic mass is 32.2. The van der Waals surface area contributed by atoms with Crippen LogP contribution in [0.3, 0.4) is 0 Å². The molecule has 92 valence electrons. The summed E-state index contributed by atoms with van der Waals surface area (Å²) in [5, 5.41) is 11.3. The van der Waals surface area contributed by atoms with Crippen molar-refractivity contribution < 1.29 is 4.42 Å². The normalized spacial score (nSPS) is 10.5. The Morgan fingerprint density at radius 3 is 2.58 bits per heavy atom. The van der Waals surface area contributed by atoms with Crippen LogP contribution in [0, 0.1) is 11.3 Å². The van der Waals surface area contributed by atoms with Crippen LogP contribution in [0.4, 0.5) is 0 Å². The van der Waals surface area contributed by atoms with Crippen LogP contribution in [0.1, 0.15) is 11.3 Å². The van der Waals surface area contributed by atoms with E-state index in [1.165, 1.54) is 4.90 Å². The van der Waals surface area contributed by atoms with Crippen LogP contribution in [-0.2, 0) is 5.75 Å². The number of furan rings is 1. The van der Waals surface area contributed by atoms with Gasteiger partial charge in [0.15, 0.2) is 0 Å². The summed E-state index contributed by atoms with van der Waals surface area (Å²) in [5.41, 5.74) is 0.720. The molecule has 1 aromatic heterocycles. The first kappa shape index (κ1) is 11.9. The Morgan fingerprint density at radius 1 is 1.00 bits per heavy atom. The molecule has 0 radical (unpaired) electrons. The quantitative estimate of drug-likeness (QED) is 0.649. The van der Waals surface area contributed by atoms with Gasteiger partial charge in [0, 0.05) is 10.3 Å². The molecule has 0 aliphatic carbocycles. The lowest BCUT2D eigenvalue weighted by molar-refractivity contribution is 0.530. The minimum atomic E-state index is 0.720. The maximum atomic E-state index is 9.13. The van der Waals surface area contributed by atoms with Gasteiger partial charge in [0.1, 0.15) is 5.76 Å². The lowest BCUT2D eigenvalue weighted by Crippen LogP contribution is -1.84. The molecule has 2 nitrogen and oxygen atoms in total. The van der Waals surface area contributed by atoms with Crippen molar-refractivity contribution in [2.45, 2.75) is 10.6 Å². The molecule has 3 heteroatoms. The molecule has 19 heavy (non-hydrogen) atoms. The van der Waals surface area contributed by atoms with E-state index in [1.54, 1.807) is 18.0 Å². The zero-order chi connectivity index (χ0) is 13.1. The highest BCUT2D eigenvalue weighted by Crippen LogP contribution is 2.32. The summed E-state index contributed by atoms with van der Waals surface area (Å²) >= 11 is 1.72. The Hall–Kier alpha value is -2.18. The fourth-order valence-electron chi connectivity index (χ4n) is 2.04. The number of hydrogen-bond donors (Lipinski definition) is 0. The fourth-order valence-corrected chi connectivity index (χ4v) is 3.00. The van der Waals surface area contributed by atoms with E-state index in [0.717, 1.165) is 27.8 Å². The van der Waals surface area contributed by atoms with Crippen molar-refractivity contribution in [1.29, 1.82) is 5.26 Å². The topological polar surface area (TPSA) is 36.9 Å². The Balaban J connectivity index is 1.98. The number of benzene rings is 2. The van der Waals surface area contributed by atoms with Crippen molar-refractivity contribution in [3.8, 4) is 6.07 Å². The van der Waals surface area contributed by atoms with Crippen LogP contribution in [0.15, 0.2) is 64.1 Å². The minimum absolute atomic E-state index is 0.720. The molecule has 0 saturated heterocycles. The SMILES string of the molecule is N#Cc1ccc(SCc2ccco2)c2ccccc12. The first-order valence-corrected chi connectivity index (χ1v) is 6.94. The smallest absolute Gasteiger partial charge is 0.113 e. The molecule has 0 fully saturated rings. The molecular formula is C16H11NOS. The first-order chi connectivity index (χ1) is 9.38. The van der Waals surface area contributed by atoms with E-state index in [9.17, 15) is 0 Å². The molecule has 0 atom stereocenters. The van der Waals surface area contributed by atoms with Crippen molar-refractivity contribution in [3.63, 3.8) is 0 Å². The van der Waals surface area contributed by atoms with Gasteiger partial charge in [0.2, 0.25) is 0 Å². The van der Waals surface area contributed by atoms with E-state index >= 15 is 0 Å². The Labute approximate surface area is 115 Å². The van der Waals surface area contributed by atoms with Crippen LogP contribution in [-0.4, -0.2) is 0 Å². The van der Waals surface area contributed by atoms with E-state index in [-0.39, 0.29) is 0 Å². The minimum Gasteiger partial charge on any atom is -0.468 e. The monoisotopic (exact) mass is 265 g/mol. The van der Waals surface area contributed by atoms with E-state index in [4.69, 9.17) is 9.68 Å². The molecule has 0 N–H and O–H groups in total. The van der Waals surface area contributed by atoms with Crippen molar-refractivity contribution in [1.82, 2.24) is 0 Å². The van der Waals surface area contributed by atoms with Gasteiger partial charge in [-0.15, -0.1) is 11.8 Å². The summed E-state index contributed by atoms with van der Waals surface area (Å²) in [6.45, 7) is 0.